The van der Waals surface area contributed by atoms with Gasteiger partial charge in [0.25, 0.3) is 0 Å². The summed E-state index contributed by atoms with van der Waals surface area (Å²) in [7, 11) is -1.45. The molecule has 1 heteroatoms. The maximum absolute atomic E-state index is 5.07. The summed E-state index contributed by atoms with van der Waals surface area (Å²) >= 11 is 0. The summed E-state index contributed by atoms with van der Waals surface area (Å²) in [6.45, 7) is 11.4. The first kappa shape index (κ1) is 13.8. The van der Waals surface area contributed by atoms with Gasteiger partial charge in [-0.15, -0.1) is 12.0 Å². The second-order valence-electron chi connectivity index (χ2n) is 5.03. The molecule has 0 N–H and O–H groups in total. The van der Waals surface area contributed by atoms with Crippen LogP contribution in [-0.4, -0.2) is 8.07 Å². The number of allylic oxidation sites excluding steroid dienone is 4. The van der Waals surface area contributed by atoms with Gasteiger partial charge in [0.2, 0.25) is 0 Å². The van der Waals surface area contributed by atoms with Crippen molar-refractivity contribution >= 4 is 8.07 Å². The van der Waals surface area contributed by atoms with Gasteiger partial charge >= 0.3 is 0 Å². The van der Waals surface area contributed by atoms with Crippen LogP contribution in [0.4, 0.5) is 0 Å². The van der Waals surface area contributed by atoms with Gasteiger partial charge in [0.1, 0.15) is 8.07 Å². The third kappa shape index (κ3) is 5.30. The lowest BCUT2D eigenvalue weighted by molar-refractivity contribution is 0.731. The van der Waals surface area contributed by atoms with E-state index in [1.54, 1.807) is 6.08 Å². The lowest BCUT2D eigenvalue weighted by Gasteiger charge is -2.31. The molecule has 0 aliphatic carbocycles. The Balaban J connectivity index is 4.49. The quantitative estimate of drug-likeness (QED) is 0.355. The predicted octanol–water partition coefficient (Wildman–Crippen LogP) is 3.78. The molecule has 0 rings (SSSR count). The molecule has 0 heterocycles. The summed E-state index contributed by atoms with van der Waals surface area (Å²) in [5.41, 5.74) is 3.39. The van der Waals surface area contributed by atoms with E-state index in [4.69, 9.17) is 6.42 Å². The standard InChI is InChI=1S/C14H20Si/c1-7-8-9-10-11-12-13-15(5,6)14(2,3)4/h1,8-11H,2-6H3/b9-8+,11-10+. The highest BCUT2D eigenvalue weighted by Gasteiger charge is 2.33. The van der Waals surface area contributed by atoms with Crippen LogP contribution in [0.25, 0.3) is 0 Å². The molecule has 0 saturated carbocycles. The molecule has 0 amide bonds. The second-order valence-corrected chi connectivity index (χ2v) is 10.0. The molecule has 80 valence electrons. The van der Waals surface area contributed by atoms with E-state index in [-0.39, 0.29) is 0 Å². The van der Waals surface area contributed by atoms with Crippen LogP contribution in [0.5, 0.6) is 0 Å². The zero-order chi connectivity index (χ0) is 11.9. The summed E-state index contributed by atoms with van der Waals surface area (Å²) in [6, 6.07) is 0. The topological polar surface area (TPSA) is 0 Å². The number of hydrogen-bond donors (Lipinski definition) is 0. The lowest BCUT2D eigenvalue weighted by Crippen LogP contribution is -2.35. The molecule has 0 saturated heterocycles. The molecule has 0 unspecified atom stereocenters. The van der Waals surface area contributed by atoms with E-state index >= 15 is 0 Å². The van der Waals surface area contributed by atoms with Crippen molar-refractivity contribution in [3.63, 3.8) is 0 Å². The van der Waals surface area contributed by atoms with Crippen molar-refractivity contribution in [3.8, 4) is 23.8 Å². The first-order valence-corrected chi connectivity index (χ1v) is 8.12. The summed E-state index contributed by atoms with van der Waals surface area (Å²) in [5, 5.41) is 0.322. The molecule has 0 aliphatic heterocycles. The molecule has 15 heavy (non-hydrogen) atoms. The Morgan fingerprint density at radius 2 is 1.60 bits per heavy atom. The zero-order valence-electron chi connectivity index (χ0n) is 10.4. The van der Waals surface area contributed by atoms with Crippen LogP contribution >= 0.6 is 0 Å². The molecule has 0 aliphatic rings. The summed E-state index contributed by atoms with van der Waals surface area (Å²) < 4.78 is 0. The van der Waals surface area contributed by atoms with E-state index in [0.717, 1.165) is 0 Å². The van der Waals surface area contributed by atoms with Gasteiger partial charge in [-0.3, -0.25) is 0 Å². The number of terminal acetylenes is 1. The molecule has 0 aromatic heterocycles. The van der Waals surface area contributed by atoms with Gasteiger partial charge < -0.3 is 0 Å². The Morgan fingerprint density at radius 1 is 1.07 bits per heavy atom. The van der Waals surface area contributed by atoms with E-state index in [1.165, 1.54) is 0 Å². The summed E-state index contributed by atoms with van der Waals surface area (Å²) in [6.07, 6.45) is 12.3. The molecule has 0 nitrogen and oxygen atoms in total. The van der Waals surface area contributed by atoms with Gasteiger partial charge in [0.15, 0.2) is 0 Å². The van der Waals surface area contributed by atoms with Crippen LogP contribution in [0.15, 0.2) is 24.3 Å². The molecule has 0 spiro atoms. The van der Waals surface area contributed by atoms with Crippen molar-refractivity contribution in [2.24, 2.45) is 0 Å². The highest BCUT2D eigenvalue weighted by atomic mass is 28.3. The first-order chi connectivity index (χ1) is 6.81. The SMILES string of the molecule is C#C/C=C/C=C/C#C[Si](C)(C)C(C)(C)C. The fourth-order valence-corrected chi connectivity index (χ4v) is 1.44. The minimum atomic E-state index is -1.45. The van der Waals surface area contributed by atoms with Crippen LogP contribution in [0.1, 0.15) is 20.8 Å². The Hall–Kier alpha value is -1.18. The largest absolute Gasteiger partial charge is 0.138 e. The summed E-state index contributed by atoms with van der Waals surface area (Å²) in [4.78, 5) is 0. The molecule has 0 fully saturated rings. The lowest BCUT2D eigenvalue weighted by atomic mass is 10.2. The van der Waals surface area contributed by atoms with E-state index in [1.807, 2.05) is 18.2 Å². The van der Waals surface area contributed by atoms with Gasteiger partial charge in [0.05, 0.1) is 0 Å². The molecule has 0 aromatic rings. The Labute approximate surface area is 95.5 Å². The molecule has 0 radical (unpaired) electrons. The number of rotatable bonds is 1. The molecule has 0 aromatic carbocycles. The van der Waals surface area contributed by atoms with Gasteiger partial charge in [-0.1, -0.05) is 57.9 Å². The van der Waals surface area contributed by atoms with Crippen molar-refractivity contribution in [1.82, 2.24) is 0 Å². The Morgan fingerprint density at radius 3 is 2.07 bits per heavy atom. The van der Waals surface area contributed by atoms with Crippen LogP contribution in [0.2, 0.25) is 18.1 Å². The van der Waals surface area contributed by atoms with Crippen LogP contribution in [-0.2, 0) is 0 Å². The molecule has 0 atom stereocenters. The maximum Gasteiger partial charge on any atom is 0.138 e. The average molecular weight is 216 g/mol. The zero-order valence-corrected chi connectivity index (χ0v) is 11.4. The normalized spacial score (nSPS) is 12.5. The van der Waals surface area contributed by atoms with Crippen molar-refractivity contribution in [2.45, 2.75) is 38.9 Å². The summed E-state index contributed by atoms with van der Waals surface area (Å²) in [5.74, 6) is 5.53. The third-order valence-corrected chi connectivity index (χ3v) is 7.26. The van der Waals surface area contributed by atoms with Gasteiger partial charge in [-0.25, -0.2) is 0 Å². The van der Waals surface area contributed by atoms with Gasteiger partial charge in [-0.2, -0.15) is 0 Å². The Bertz CT molecular complexity index is 346. The Kier molecular flexibility index (Phi) is 5.19. The monoisotopic (exact) mass is 216 g/mol. The van der Waals surface area contributed by atoms with Gasteiger partial charge in [0, 0.05) is 0 Å². The average Bonchev–Trinajstić information content (AvgIpc) is 2.09. The molecular formula is C14H20Si. The van der Waals surface area contributed by atoms with Crippen molar-refractivity contribution < 1.29 is 0 Å². The van der Waals surface area contributed by atoms with Crippen molar-refractivity contribution in [1.29, 1.82) is 0 Å². The molecular weight excluding hydrogens is 196 g/mol. The first-order valence-electron chi connectivity index (χ1n) is 5.12. The second kappa shape index (κ2) is 5.64. The third-order valence-electron chi connectivity index (χ3n) is 2.74. The van der Waals surface area contributed by atoms with Gasteiger partial charge in [-0.05, 0) is 17.2 Å². The highest BCUT2D eigenvalue weighted by molar-refractivity contribution is 6.87. The van der Waals surface area contributed by atoms with E-state index in [2.05, 4.69) is 51.2 Å². The maximum atomic E-state index is 5.07. The fourth-order valence-electron chi connectivity index (χ4n) is 0.624. The van der Waals surface area contributed by atoms with E-state index in [9.17, 15) is 0 Å². The van der Waals surface area contributed by atoms with Crippen LogP contribution in [0, 0.1) is 23.8 Å². The molecule has 0 bridgehead atoms. The van der Waals surface area contributed by atoms with Crippen molar-refractivity contribution in [3.05, 3.63) is 24.3 Å². The highest BCUT2D eigenvalue weighted by Crippen LogP contribution is 2.34. The van der Waals surface area contributed by atoms with E-state index < -0.39 is 8.07 Å². The predicted molar refractivity (Wildman–Crippen MR) is 72.1 cm³/mol. The van der Waals surface area contributed by atoms with E-state index in [0.29, 0.717) is 5.04 Å². The number of hydrogen-bond acceptors (Lipinski definition) is 0. The van der Waals surface area contributed by atoms with Crippen molar-refractivity contribution in [2.75, 3.05) is 0 Å². The van der Waals surface area contributed by atoms with Crippen LogP contribution in [0.3, 0.4) is 0 Å². The van der Waals surface area contributed by atoms with Crippen LogP contribution < -0.4 is 0 Å². The smallest absolute Gasteiger partial charge is 0.127 e. The minimum Gasteiger partial charge on any atom is -0.127 e. The minimum absolute atomic E-state index is 0.322. The fraction of sp³-hybridized carbons (Fsp3) is 0.429.